The monoisotopic (exact) mass is 541 g/mol. The van der Waals surface area contributed by atoms with E-state index in [-0.39, 0.29) is 28.7 Å². The number of para-hydroxylation sites is 1. The van der Waals surface area contributed by atoms with Crippen molar-refractivity contribution in [3.05, 3.63) is 95.6 Å². The minimum absolute atomic E-state index is 0.113. The van der Waals surface area contributed by atoms with E-state index in [4.69, 9.17) is 21.9 Å². The van der Waals surface area contributed by atoms with Crippen molar-refractivity contribution in [3.63, 3.8) is 0 Å². The molecule has 0 aliphatic carbocycles. The lowest BCUT2D eigenvalue weighted by Gasteiger charge is -2.15. The largest absolute Gasteiger partial charge is 0.439 e. The SMILES string of the molecule is CC(N=C(/C=C(\N)Oc1cccc(NC(=O)C(C)N)c1N)c1ccc(C(F)(F)F)cc1)NCc1cccnc1. The second-order valence-corrected chi connectivity index (χ2v) is 8.65. The zero-order valence-corrected chi connectivity index (χ0v) is 21.4. The summed E-state index contributed by atoms with van der Waals surface area (Å²) < 4.78 is 45.0. The molecule has 1 aromatic heterocycles. The molecule has 2 unspecified atom stereocenters. The van der Waals surface area contributed by atoms with Crippen LogP contribution < -0.4 is 32.6 Å². The van der Waals surface area contributed by atoms with Crippen molar-refractivity contribution in [2.24, 2.45) is 16.5 Å². The van der Waals surface area contributed by atoms with Crippen LogP contribution in [0.1, 0.15) is 30.5 Å². The molecular formula is C27H30F3N7O2. The molecule has 2 atom stereocenters. The Morgan fingerprint density at radius 2 is 1.85 bits per heavy atom. The van der Waals surface area contributed by atoms with Crippen LogP contribution in [0.15, 0.2) is 83.9 Å². The highest BCUT2D eigenvalue weighted by Gasteiger charge is 2.30. The number of nitrogens with one attached hydrogen (secondary N) is 2. The van der Waals surface area contributed by atoms with Gasteiger partial charge in [-0.2, -0.15) is 13.2 Å². The van der Waals surface area contributed by atoms with E-state index in [1.54, 1.807) is 37.5 Å². The van der Waals surface area contributed by atoms with Crippen molar-refractivity contribution < 1.29 is 22.7 Å². The second kappa shape index (κ2) is 12.9. The number of benzene rings is 2. The van der Waals surface area contributed by atoms with E-state index < -0.39 is 29.9 Å². The standard InChI is InChI=1S/C27H30F3N7O2/c1-16(31)26(38)37-21-6-3-7-23(25(21)33)39-24(32)13-22(19-8-10-20(11-9-19)27(28,29)30)36-17(2)35-15-18-5-4-12-34-14-18/h3-14,16-17,35H,15,31-33H2,1-2H3,(H,37,38)/b24-13+,36-22?. The molecule has 0 saturated heterocycles. The van der Waals surface area contributed by atoms with E-state index in [1.165, 1.54) is 25.1 Å². The molecule has 206 valence electrons. The van der Waals surface area contributed by atoms with Gasteiger partial charge in [0.1, 0.15) is 0 Å². The molecule has 0 bridgehead atoms. The van der Waals surface area contributed by atoms with Gasteiger partial charge in [0.15, 0.2) is 11.6 Å². The van der Waals surface area contributed by atoms with Crippen LogP contribution in [0, 0.1) is 0 Å². The topological polar surface area (TPSA) is 154 Å². The molecular weight excluding hydrogens is 511 g/mol. The maximum atomic E-state index is 13.1. The molecule has 3 rings (SSSR count). The number of nitrogen functional groups attached to an aromatic ring is 1. The first-order valence-electron chi connectivity index (χ1n) is 11.9. The Balaban J connectivity index is 1.88. The number of anilines is 2. The Morgan fingerprint density at radius 3 is 2.46 bits per heavy atom. The minimum atomic E-state index is -4.48. The molecule has 2 aromatic carbocycles. The number of carbonyl (C=O) groups is 1. The van der Waals surface area contributed by atoms with Crippen LogP contribution in [-0.4, -0.2) is 28.8 Å². The molecule has 9 nitrogen and oxygen atoms in total. The van der Waals surface area contributed by atoms with Gasteiger partial charge in [0.2, 0.25) is 5.91 Å². The summed E-state index contributed by atoms with van der Waals surface area (Å²) in [6, 6.07) is 12.2. The van der Waals surface area contributed by atoms with Crippen LogP contribution >= 0.6 is 0 Å². The first-order valence-corrected chi connectivity index (χ1v) is 11.9. The van der Waals surface area contributed by atoms with Crippen molar-refractivity contribution in [1.29, 1.82) is 0 Å². The number of halogens is 3. The lowest BCUT2D eigenvalue weighted by atomic mass is 10.1. The number of pyridine rings is 1. The maximum absolute atomic E-state index is 13.1. The van der Waals surface area contributed by atoms with Crippen LogP contribution in [0.5, 0.6) is 5.75 Å². The van der Waals surface area contributed by atoms with Crippen LogP contribution in [0.3, 0.4) is 0 Å². The first-order chi connectivity index (χ1) is 18.4. The number of rotatable bonds is 10. The fourth-order valence-electron chi connectivity index (χ4n) is 3.33. The lowest BCUT2D eigenvalue weighted by molar-refractivity contribution is -0.137. The molecule has 8 N–H and O–H groups in total. The fourth-order valence-corrected chi connectivity index (χ4v) is 3.33. The molecule has 1 amide bonds. The summed E-state index contributed by atoms with van der Waals surface area (Å²) in [5, 5.41) is 5.82. The van der Waals surface area contributed by atoms with Crippen molar-refractivity contribution in [1.82, 2.24) is 10.3 Å². The summed E-state index contributed by atoms with van der Waals surface area (Å²) >= 11 is 0. The third kappa shape index (κ3) is 8.55. The van der Waals surface area contributed by atoms with Gasteiger partial charge in [-0.25, -0.2) is 0 Å². The van der Waals surface area contributed by atoms with Gasteiger partial charge in [0.25, 0.3) is 0 Å². The molecule has 0 aliphatic heterocycles. The second-order valence-electron chi connectivity index (χ2n) is 8.65. The Labute approximate surface area is 224 Å². The number of amides is 1. The van der Waals surface area contributed by atoms with E-state index in [0.717, 1.165) is 17.7 Å². The summed E-state index contributed by atoms with van der Waals surface area (Å²) in [5.41, 5.74) is 19.1. The number of allylic oxidation sites excluding steroid dienone is 1. The van der Waals surface area contributed by atoms with Gasteiger partial charge in [-0.15, -0.1) is 0 Å². The number of carbonyl (C=O) groups excluding carboxylic acids is 1. The maximum Gasteiger partial charge on any atom is 0.416 e. The lowest BCUT2D eigenvalue weighted by Crippen LogP contribution is -2.32. The predicted octanol–water partition coefficient (Wildman–Crippen LogP) is 3.77. The fraction of sp³-hybridized carbons (Fsp3) is 0.222. The number of hydrogen-bond acceptors (Lipinski definition) is 8. The summed E-state index contributed by atoms with van der Waals surface area (Å²) in [6.07, 6.45) is -0.172. The van der Waals surface area contributed by atoms with Crippen molar-refractivity contribution in [2.75, 3.05) is 11.1 Å². The summed E-state index contributed by atoms with van der Waals surface area (Å²) in [4.78, 5) is 20.6. The minimum Gasteiger partial charge on any atom is -0.439 e. The van der Waals surface area contributed by atoms with Gasteiger partial charge in [-0.05, 0) is 55.3 Å². The van der Waals surface area contributed by atoms with Gasteiger partial charge >= 0.3 is 6.18 Å². The number of nitrogens with zero attached hydrogens (tertiary/aromatic N) is 2. The van der Waals surface area contributed by atoms with E-state index in [9.17, 15) is 18.0 Å². The van der Waals surface area contributed by atoms with Crippen LogP contribution in [0.25, 0.3) is 0 Å². The smallest absolute Gasteiger partial charge is 0.416 e. The Hall–Kier alpha value is -4.42. The normalized spacial score (nSPS) is 14.0. The summed E-state index contributed by atoms with van der Waals surface area (Å²) in [7, 11) is 0. The third-order valence-electron chi connectivity index (χ3n) is 5.41. The van der Waals surface area contributed by atoms with Crippen molar-refractivity contribution in [2.45, 2.75) is 38.8 Å². The predicted molar refractivity (Wildman–Crippen MR) is 145 cm³/mol. The molecule has 0 saturated carbocycles. The van der Waals surface area contributed by atoms with Crippen LogP contribution in [0.4, 0.5) is 24.5 Å². The Bertz CT molecular complexity index is 1330. The van der Waals surface area contributed by atoms with E-state index in [1.807, 2.05) is 12.1 Å². The van der Waals surface area contributed by atoms with Crippen LogP contribution in [0.2, 0.25) is 0 Å². The van der Waals surface area contributed by atoms with E-state index >= 15 is 0 Å². The van der Waals surface area contributed by atoms with Crippen molar-refractivity contribution >= 4 is 23.0 Å². The quantitative estimate of drug-likeness (QED) is 0.149. The zero-order chi connectivity index (χ0) is 28.6. The molecule has 0 radical (unpaired) electrons. The van der Waals surface area contributed by atoms with Gasteiger partial charge in [-0.3, -0.25) is 20.1 Å². The average Bonchev–Trinajstić information content (AvgIpc) is 2.89. The van der Waals surface area contributed by atoms with Crippen molar-refractivity contribution in [3.8, 4) is 5.75 Å². The average molecular weight is 542 g/mol. The van der Waals surface area contributed by atoms with Gasteiger partial charge in [0.05, 0.1) is 34.9 Å². The molecule has 0 spiro atoms. The number of ether oxygens (including phenoxy) is 1. The molecule has 39 heavy (non-hydrogen) atoms. The molecule has 12 heteroatoms. The van der Waals surface area contributed by atoms with E-state index in [0.29, 0.717) is 12.1 Å². The molecule has 3 aromatic rings. The number of aromatic nitrogens is 1. The van der Waals surface area contributed by atoms with Gasteiger partial charge in [-0.1, -0.05) is 24.3 Å². The zero-order valence-electron chi connectivity index (χ0n) is 21.4. The highest BCUT2D eigenvalue weighted by molar-refractivity contribution is 6.09. The highest BCUT2D eigenvalue weighted by atomic mass is 19.4. The molecule has 0 aliphatic rings. The Kier molecular flexibility index (Phi) is 9.63. The summed E-state index contributed by atoms with van der Waals surface area (Å²) in [6.45, 7) is 3.78. The van der Waals surface area contributed by atoms with Gasteiger partial charge in [0, 0.05) is 25.0 Å². The number of nitrogens with two attached hydrogens (primary N) is 3. The number of alkyl halides is 3. The summed E-state index contributed by atoms with van der Waals surface area (Å²) in [5.74, 6) is -0.414. The van der Waals surface area contributed by atoms with Crippen LogP contribution in [-0.2, 0) is 17.5 Å². The third-order valence-corrected chi connectivity index (χ3v) is 5.41. The molecule has 1 heterocycles. The van der Waals surface area contributed by atoms with Gasteiger partial charge < -0.3 is 27.3 Å². The Morgan fingerprint density at radius 1 is 1.13 bits per heavy atom. The highest BCUT2D eigenvalue weighted by Crippen LogP contribution is 2.31. The molecule has 0 fully saturated rings. The number of hydrogen-bond donors (Lipinski definition) is 5. The number of aliphatic imine (C=N–C) groups is 1. The van der Waals surface area contributed by atoms with E-state index in [2.05, 4.69) is 20.6 Å². The first kappa shape index (κ1) is 29.1.